The van der Waals surface area contributed by atoms with Gasteiger partial charge in [0.25, 0.3) is 0 Å². The van der Waals surface area contributed by atoms with Gasteiger partial charge in [0.2, 0.25) is 0 Å². The smallest absolute Gasteiger partial charge is 0.139 e. The first-order valence-electron chi connectivity index (χ1n) is 7.83. The standard InChI is InChI=1S/C17H20N4OS/c1-11-9-13-16(21-7-5-20(2)6-8-21)18-14-4-3-12(22)10-15(14)19-17(13)23-11/h3-4,9-10,19,22H,5-8H2,1-2H3. The number of hydrogen-bond donors (Lipinski definition) is 2. The minimum Gasteiger partial charge on any atom is -0.508 e. The zero-order chi connectivity index (χ0) is 16.0. The number of nitrogens with zero attached hydrogens (tertiary/aromatic N) is 3. The lowest BCUT2D eigenvalue weighted by Crippen LogP contribution is -2.47. The molecule has 0 unspecified atom stereocenters. The molecule has 1 aromatic heterocycles. The van der Waals surface area contributed by atoms with Crippen molar-refractivity contribution in [2.75, 3.05) is 38.5 Å². The van der Waals surface area contributed by atoms with Crippen LogP contribution in [0.25, 0.3) is 0 Å². The Morgan fingerprint density at radius 3 is 2.74 bits per heavy atom. The summed E-state index contributed by atoms with van der Waals surface area (Å²) in [6, 6.07) is 7.51. The van der Waals surface area contributed by atoms with Crippen molar-refractivity contribution in [1.82, 2.24) is 9.80 Å². The molecule has 6 heteroatoms. The summed E-state index contributed by atoms with van der Waals surface area (Å²) in [5.41, 5.74) is 2.89. The Hall–Kier alpha value is -2.05. The molecule has 1 fully saturated rings. The number of hydrogen-bond acceptors (Lipinski definition) is 6. The maximum absolute atomic E-state index is 9.78. The number of aryl methyl sites for hydroxylation is 1. The third kappa shape index (κ3) is 2.68. The lowest BCUT2D eigenvalue weighted by atomic mass is 10.2. The minimum atomic E-state index is 0.254. The molecule has 0 saturated carbocycles. The lowest BCUT2D eigenvalue weighted by Gasteiger charge is -2.34. The Labute approximate surface area is 139 Å². The molecule has 0 spiro atoms. The van der Waals surface area contributed by atoms with E-state index in [-0.39, 0.29) is 5.75 Å². The predicted octanol–water partition coefficient (Wildman–Crippen LogP) is 3.14. The summed E-state index contributed by atoms with van der Waals surface area (Å²) in [6.07, 6.45) is 0. The van der Waals surface area contributed by atoms with Gasteiger partial charge in [-0.1, -0.05) is 0 Å². The number of nitrogens with one attached hydrogen (secondary N) is 1. The van der Waals surface area contributed by atoms with Crippen molar-refractivity contribution in [3.05, 3.63) is 34.7 Å². The van der Waals surface area contributed by atoms with Gasteiger partial charge in [0.1, 0.15) is 16.6 Å². The third-order valence-corrected chi connectivity index (χ3v) is 5.32. The van der Waals surface area contributed by atoms with Crippen molar-refractivity contribution in [2.24, 2.45) is 4.99 Å². The molecule has 120 valence electrons. The monoisotopic (exact) mass is 328 g/mol. The molecule has 4 rings (SSSR count). The van der Waals surface area contributed by atoms with Crippen LogP contribution in [0.15, 0.2) is 29.3 Å². The average molecular weight is 328 g/mol. The van der Waals surface area contributed by atoms with E-state index in [1.807, 2.05) is 6.07 Å². The summed E-state index contributed by atoms with van der Waals surface area (Å²) in [4.78, 5) is 10.9. The fraction of sp³-hybridized carbons (Fsp3) is 0.353. The van der Waals surface area contributed by atoms with Gasteiger partial charge in [0.05, 0.1) is 16.9 Å². The van der Waals surface area contributed by atoms with E-state index in [0.29, 0.717) is 0 Å². The molecule has 1 aromatic carbocycles. The molecule has 0 amide bonds. The molecular formula is C17H20N4OS. The van der Waals surface area contributed by atoms with Crippen molar-refractivity contribution < 1.29 is 5.11 Å². The second-order valence-electron chi connectivity index (χ2n) is 6.15. The van der Waals surface area contributed by atoms with E-state index in [9.17, 15) is 5.11 Å². The Morgan fingerprint density at radius 2 is 1.96 bits per heavy atom. The molecule has 3 heterocycles. The van der Waals surface area contributed by atoms with Crippen LogP contribution in [0.5, 0.6) is 5.75 Å². The normalized spacial score (nSPS) is 17.8. The molecule has 2 aliphatic rings. The zero-order valence-electron chi connectivity index (χ0n) is 13.3. The van der Waals surface area contributed by atoms with E-state index in [0.717, 1.165) is 54.0 Å². The SMILES string of the molecule is Cc1cc2c(s1)Nc1cc(O)ccc1N=C2N1CCN(C)CC1. The maximum Gasteiger partial charge on any atom is 0.139 e. The Bertz CT molecular complexity index is 775. The molecule has 0 atom stereocenters. The summed E-state index contributed by atoms with van der Waals surface area (Å²) >= 11 is 1.73. The number of fused-ring (bicyclic) bond motifs is 2. The van der Waals surface area contributed by atoms with Crippen LogP contribution in [0.3, 0.4) is 0 Å². The van der Waals surface area contributed by atoms with Crippen LogP contribution in [-0.4, -0.2) is 54.0 Å². The van der Waals surface area contributed by atoms with E-state index in [1.165, 1.54) is 4.88 Å². The van der Waals surface area contributed by atoms with E-state index in [4.69, 9.17) is 4.99 Å². The highest BCUT2D eigenvalue weighted by Crippen LogP contribution is 2.40. The van der Waals surface area contributed by atoms with Crippen LogP contribution in [0.4, 0.5) is 16.4 Å². The van der Waals surface area contributed by atoms with Gasteiger partial charge >= 0.3 is 0 Å². The predicted molar refractivity (Wildman–Crippen MR) is 95.7 cm³/mol. The van der Waals surface area contributed by atoms with Crippen LogP contribution in [0.1, 0.15) is 10.4 Å². The Kier molecular flexibility index (Phi) is 3.50. The molecule has 1 saturated heterocycles. The fourth-order valence-corrected chi connectivity index (χ4v) is 3.97. The summed E-state index contributed by atoms with van der Waals surface area (Å²) in [7, 11) is 2.16. The van der Waals surface area contributed by atoms with E-state index in [2.05, 4.69) is 35.2 Å². The molecule has 0 aliphatic carbocycles. The van der Waals surface area contributed by atoms with Crippen LogP contribution in [-0.2, 0) is 0 Å². The zero-order valence-corrected chi connectivity index (χ0v) is 14.2. The second-order valence-corrected chi connectivity index (χ2v) is 7.41. The molecule has 2 N–H and O–H groups in total. The van der Waals surface area contributed by atoms with Crippen LogP contribution in [0, 0.1) is 6.92 Å². The highest BCUT2D eigenvalue weighted by Gasteiger charge is 2.25. The summed E-state index contributed by atoms with van der Waals surface area (Å²) in [6.45, 7) is 6.18. The van der Waals surface area contributed by atoms with Gasteiger partial charge in [0.15, 0.2) is 0 Å². The fourth-order valence-electron chi connectivity index (χ4n) is 3.05. The van der Waals surface area contributed by atoms with Gasteiger partial charge < -0.3 is 20.2 Å². The Morgan fingerprint density at radius 1 is 1.17 bits per heavy atom. The van der Waals surface area contributed by atoms with Crippen LogP contribution >= 0.6 is 11.3 Å². The molecule has 5 nitrogen and oxygen atoms in total. The number of aromatic hydroxyl groups is 1. The van der Waals surface area contributed by atoms with Crippen molar-refractivity contribution >= 4 is 33.5 Å². The highest BCUT2D eigenvalue weighted by molar-refractivity contribution is 7.16. The van der Waals surface area contributed by atoms with Crippen molar-refractivity contribution in [3.8, 4) is 5.75 Å². The molecular weight excluding hydrogens is 308 g/mol. The summed E-state index contributed by atoms with van der Waals surface area (Å²) in [5.74, 6) is 1.29. The number of thiophene rings is 1. The number of rotatable bonds is 0. The number of anilines is 2. The first-order valence-corrected chi connectivity index (χ1v) is 8.65. The van der Waals surface area contributed by atoms with Gasteiger partial charge in [-0.25, -0.2) is 4.99 Å². The van der Waals surface area contributed by atoms with Crippen LogP contribution in [0.2, 0.25) is 0 Å². The number of piperazine rings is 1. The first kappa shape index (κ1) is 14.5. The van der Waals surface area contributed by atoms with Crippen molar-refractivity contribution in [2.45, 2.75) is 6.92 Å². The van der Waals surface area contributed by atoms with Crippen molar-refractivity contribution in [3.63, 3.8) is 0 Å². The molecule has 2 aliphatic heterocycles. The summed E-state index contributed by atoms with van der Waals surface area (Å²) in [5, 5.41) is 14.3. The number of phenols is 1. The highest BCUT2D eigenvalue weighted by atomic mass is 32.1. The summed E-state index contributed by atoms with van der Waals surface area (Å²) < 4.78 is 0. The number of benzene rings is 1. The number of phenolic OH excluding ortho intramolecular Hbond substituents is 1. The maximum atomic E-state index is 9.78. The van der Waals surface area contributed by atoms with E-state index >= 15 is 0 Å². The number of aliphatic imine (C=N–C) groups is 1. The number of amidine groups is 1. The van der Waals surface area contributed by atoms with Gasteiger partial charge in [-0.15, -0.1) is 11.3 Å². The average Bonchev–Trinajstić information content (AvgIpc) is 2.81. The first-order chi connectivity index (χ1) is 11.1. The Balaban J connectivity index is 1.82. The van der Waals surface area contributed by atoms with Gasteiger partial charge in [-0.05, 0) is 32.2 Å². The molecule has 0 bridgehead atoms. The largest absolute Gasteiger partial charge is 0.508 e. The molecule has 2 aromatic rings. The molecule has 0 radical (unpaired) electrons. The van der Waals surface area contributed by atoms with E-state index in [1.54, 1.807) is 23.5 Å². The van der Waals surface area contributed by atoms with Gasteiger partial charge in [-0.3, -0.25) is 0 Å². The van der Waals surface area contributed by atoms with Gasteiger partial charge in [0, 0.05) is 37.1 Å². The van der Waals surface area contributed by atoms with Crippen LogP contribution < -0.4 is 5.32 Å². The molecule has 23 heavy (non-hydrogen) atoms. The van der Waals surface area contributed by atoms with E-state index < -0.39 is 0 Å². The second kappa shape index (κ2) is 5.54. The minimum absolute atomic E-state index is 0.254. The lowest BCUT2D eigenvalue weighted by molar-refractivity contribution is 0.216. The topological polar surface area (TPSA) is 51.1 Å². The van der Waals surface area contributed by atoms with Gasteiger partial charge in [-0.2, -0.15) is 0 Å². The third-order valence-electron chi connectivity index (χ3n) is 4.35. The quantitative estimate of drug-likeness (QED) is 0.780. The van der Waals surface area contributed by atoms with Crippen molar-refractivity contribution in [1.29, 1.82) is 0 Å². The number of likely N-dealkylation sites (N-methyl/N-ethyl adjacent to an activating group) is 1.